The van der Waals surface area contributed by atoms with Crippen LogP contribution in [0.1, 0.15) is 5.56 Å². The van der Waals surface area contributed by atoms with Crippen molar-refractivity contribution in [3.63, 3.8) is 0 Å². The highest BCUT2D eigenvalue weighted by Gasteiger charge is 2.08. The molecule has 0 fully saturated rings. The number of hydrogen-bond donors (Lipinski definition) is 1. The van der Waals surface area contributed by atoms with E-state index in [2.05, 4.69) is 10.3 Å². The van der Waals surface area contributed by atoms with Crippen molar-refractivity contribution in [2.45, 2.75) is 4.90 Å². The smallest absolute Gasteiger partial charge is 0.331 e. The van der Waals surface area contributed by atoms with Crippen LogP contribution in [-0.4, -0.2) is 29.7 Å². The molecule has 2 rings (SSSR count). The Morgan fingerprint density at radius 2 is 2.04 bits per heavy atom. The Hall–Kier alpha value is -2.31. The van der Waals surface area contributed by atoms with Crippen LogP contribution in [0.2, 0.25) is 5.15 Å². The first-order chi connectivity index (χ1) is 11.6. The monoisotopic (exact) mass is 362 g/mol. The van der Waals surface area contributed by atoms with Gasteiger partial charge in [0.15, 0.2) is 11.8 Å². The molecule has 1 N–H and O–H groups in total. The number of pyridine rings is 1. The van der Waals surface area contributed by atoms with Crippen LogP contribution in [0.4, 0.5) is 5.69 Å². The maximum Gasteiger partial charge on any atom is 0.331 e. The summed E-state index contributed by atoms with van der Waals surface area (Å²) in [6, 6.07) is 11.0. The minimum Gasteiger partial charge on any atom is -0.452 e. The zero-order valence-corrected chi connectivity index (χ0v) is 14.4. The second-order valence-electron chi connectivity index (χ2n) is 4.60. The van der Waals surface area contributed by atoms with E-state index in [0.29, 0.717) is 5.69 Å². The van der Waals surface area contributed by atoms with Gasteiger partial charge in [0.25, 0.3) is 5.91 Å². The summed E-state index contributed by atoms with van der Waals surface area (Å²) in [6.07, 6.45) is 6.40. The average Bonchev–Trinajstić information content (AvgIpc) is 2.60. The van der Waals surface area contributed by atoms with Crippen LogP contribution in [0.25, 0.3) is 6.08 Å². The third kappa shape index (κ3) is 5.72. The summed E-state index contributed by atoms with van der Waals surface area (Å²) in [5.74, 6) is -1.09. The molecule has 124 valence electrons. The Labute approximate surface area is 149 Å². The largest absolute Gasteiger partial charge is 0.452 e. The van der Waals surface area contributed by atoms with Crippen LogP contribution in [0.3, 0.4) is 0 Å². The van der Waals surface area contributed by atoms with Crippen molar-refractivity contribution in [2.75, 3.05) is 18.2 Å². The first-order valence-electron chi connectivity index (χ1n) is 6.98. The first-order valence-corrected chi connectivity index (χ1v) is 8.58. The second-order valence-corrected chi connectivity index (χ2v) is 5.84. The maximum atomic E-state index is 11.7. The Balaban J connectivity index is 1.80. The average molecular weight is 363 g/mol. The molecule has 0 saturated carbocycles. The summed E-state index contributed by atoms with van der Waals surface area (Å²) in [7, 11) is 0. The summed E-state index contributed by atoms with van der Waals surface area (Å²) in [4.78, 5) is 28.3. The van der Waals surface area contributed by atoms with Crippen molar-refractivity contribution in [1.82, 2.24) is 4.98 Å². The van der Waals surface area contributed by atoms with Crippen molar-refractivity contribution in [3.05, 3.63) is 59.4 Å². The molecule has 0 saturated heterocycles. The third-order valence-corrected chi connectivity index (χ3v) is 3.95. The van der Waals surface area contributed by atoms with Gasteiger partial charge in [0.2, 0.25) is 0 Å². The summed E-state index contributed by atoms with van der Waals surface area (Å²) in [6.45, 7) is -0.403. The number of halogens is 1. The summed E-state index contributed by atoms with van der Waals surface area (Å²) < 4.78 is 4.88. The maximum absolute atomic E-state index is 11.7. The minimum absolute atomic E-state index is 0.172. The molecule has 7 heteroatoms. The molecule has 1 aromatic carbocycles. The van der Waals surface area contributed by atoms with Gasteiger partial charge in [-0.05, 0) is 42.2 Å². The van der Waals surface area contributed by atoms with Crippen molar-refractivity contribution in [3.8, 4) is 0 Å². The number of carbonyl (C=O) groups is 2. The second kappa shape index (κ2) is 9.10. The van der Waals surface area contributed by atoms with Crippen molar-refractivity contribution in [2.24, 2.45) is 0 Å². The Bertz CT molecular complexity index is 748. The number of benzene rings is 1. The van der Waals surface area contributed by atoms with Gasteiger partial charge in [-0.2, -0.15) is 0 Å². The van der Waals surface area contributed by atoms with Crippen LogP contribution in [-0.2, 0) is 14.3 Å². The summed E-state index contributed by atoms with van der Waals surface area (Å²) >= 11 is 7.46. The number of nitrogens with zero attached hydrogens (tertiary/aromatic N) is 1. The molecule has 1 aromatic heterocycles. The molecular weight excluding hydrogens is 348 g/mol. The van der Waals surface area contributed by atoms with Crippen LogP contribution in [0, 0.1) is 0 Å². The lowest BCUT2D eigenvalue weighted by Crippen LogP contribution is -2.20. The van der Waals surface area contributed by atoms with Crippen molar-refractivity contribution in [1.29, 1.82) is 0 Å². The van der Waals surface area contributed by atoms with Crippen LogP contribution in [0.15, 0.2) is 53.6 Å². The van der Waals surface area contributed by atoms with E-state index >= 15 is 0 Å². The number of thioether (sulfide) groups is 1. The van der Waals surface area contributed by atoms with Gasteiger partial charge in [-0.25, -0.2) is 9.78 Å². The quantitative estimate of drug-likeness (QED) is 0.367. The van der Waals surface area contributed by atoms with Crippen molar-refractivity contribution < 1.29 is 14.3 Å². The molecule has 0 spiro atoms. The predicted molar refractivity (Wildman–Crippen MR) is 96.1 cm³/mol. The van der Waals surface area contributed by atoms with Gasteiger partial charge >= 0.3 is 5.97 Å². The highest BCUT2D eigenvalue weighted by molar-refractivity contribution is 7.98. The molecule has 0 aliphatic carbocycles. The zero-order chi connectivity index (χ0) is 17.4. The molecule has 5 nitrogen and oxygen atoms in total. The molecule has 0 radical (unpaired) electrons. The Morgan fingerprint density at radius 1 is 1.29 bits per heavy atom. The van der Waals surface area contributed by atoms with Gasteiger partial charge in [-0.3, -0.25) is 4.79 Å². The molecule has 0 aliphatic heterocycles. The number of nitrogens with one attached hydrogen (secondary N) is 1. The molecular formula is C17H15ClN2O3S. The standard InChI is InChI=1S/C17H15ClN2O3S/c1-24-13-7-4-12(5-8-13)6-9-16(22)23-11-15(21)20-14-3-2-10-19-17(14)18/h2-10H,11H2,1H3,(H,20,21)/b9-6+. The number of amides is 1. The topological polar surface area (TPSA) is 68.3 Å². The molecule has 2 aromatic rings. The first kappa shape index (κ1) is 18.0. The molecule has 0 unspecified atom stereocenters. The fourth-order valence-corrected chi connectivity index (χ4v) is 2.30. The molecule has 0 bridgehead atoms. The number of esters is 1. The van der Waals surface area contributed by atoms with Crippen LogP contribution < -0.4 is 5.32 Å². The zero-order valence-electron chi connectivity index (χ0n) is 12.9. The van der Waals surface area contributed by atoms with Crippen molar-refractivity contribution >= 4 is 47.0 Å². The molecule has 1 amide bonds. The molecule has 24 heavy (non-hydrogen) atoms. The fourth-order valence-electron chi connectivity index (χ4n) is 1.73. The summed E-state index contributed by atoms with van der Waals surface area (Å²) in [5.41, 5.74) is 1.24. The fraction of sp³-hybridized carbons (Fsp3) is 0.118. The van der Waals surface area contributed by atoms with Gasteiger partial charge in [0.1, 0.15) is 0 Å². The number of carbonyl (C=O) groups excluding carboxylic acids is 2. The van der Waals surface area contributed by atoms with Crippen LogP contribution >= 0.6 is 23.4 Å². The highest BCUT2D eigenvalue weighted by atomic mass is 35.5. The molecule has 1 heterocycles. The lowest BCUT2D eigenvalue weighted by Gasteiger charge is -2.06. The minimum atomic E-state index is -0.601. The van der Waals surface area contributed by atoms with E-state index in [0.717, 1.165) is 10.5 Å². The Kier molecular flexibility index (Phi) is 6.84. The van der Waals surface area contributed by atoms with Gasteiger partial charge in [0, 0.05) is 17.2 Å². The van der Waals surface area contributed by atoms with Gasteiger partial charge in [0.05, 0.1) is 5.69 Å². The van der Waals surface area contributed by atoms with Crippen LogP contribution in [0.5, 0.6) is 0 Å². The number of aromatic nitrogens is 1. The van der Waals surface area contributed by atoms with E-state index in [4.69, 9.17) is 16.3 Å². The van der Waals surface area contributed by atoms with E-state index < -0.39 is 18.5 Å². The number of anilines is 1. The van der Waals surface area contributed by atoms with E-state index in [1.807, 2.05) is 30.5 Å². The van der Waals surface area contributed by atoms with Gasteiger partial charge in [-0.1, -0.05) is 23.7 Å². The van der Waals surface area contributed by atoms with E-state index in [9.17, 15) is 9.59 Å². The SMILES string of the molecule is CSc1ccc(/C=C/C(=O)OCC(=O)Nc2cccnc2Cl)cc1. The third-order valence-electron chi connectivity index (χ3n) is 2.91. The molecule has 0 aliphatic rings. The lowest BCUT2D eigenvalue weighted by molar-refractivity contribution is -0.142. The number of ether oxygens (including phenoxy) is 1. The Morgan fingerprint density at radius 3 is 2.71 bits per heavy atom. The van der Waals surface area contributed by atoms with E-state index in [1.54, 1.807) is 30.0 Å². The number of hydrogen-bond acceptors (Lipinski definition) is 5. The van der Waals surface area contributed by atoms with Gasteiger partial charge in [-0.15, -0.1) is 11.8 Å². The summed E-state index contributed by atoms with van der Waals surface area (Å²) in [5, 5.41) is 2.69. The lowest BCUT2D eigenvalue weighted by atomic mass is 10.2. The van der Waals surface area contributed by atoms with E-state index in [-0.39, 0.29) is 5.15 Å². The van der Waals surface area contributed by atoms with E-state index in [1.165, 1.54) is 12.3 Å². The van der Waals surface area contributed by atoms with Gasteiger partial charge < -0.3 is 10.1 Å². The predicted octanol–water partition coefficient (Wildman–Crippen LogP) is 3.65. The highest BCUT2D eigenvalue weighted by Crippen LogP contribution is 2.17. The normalized spacial score (nSPS) is 10.6. The number of rotatable bonds is 6. The molecule has 0 atom stereocenters.